The minimum Gasteiger partial charge on any atom is -0.496 e. The van der Waals surface area contributed by atoms with E-state index in [1.54, 1.807) is 7.11 Å². The molecule has 4 rings (SSSR count). The van der Waals surface area contributed by atoms with Crippen molar-refractivity contribution in [3.8, 4) is 5.75 Å². The zero-order chi connectivity index (χ0) is 22.6. The van der Waals surface area contributed by atoms with Gasteiger partial charge in [-0.1, -0.05) is 36.4 Å². The van der Waals surface area contributed by atoms with E-state index < -0.39 is 8.25 Å². The van der Waals surface area contributed by atoms with Gasteiger partial charge in [-0.3, -0.25) is 0 Å². The molecule has 2 aliphatic rings. The first-order valence-electron chi connectivity index (χ1n) is 11.8. The van der Waals surface area contributed by atoms with Crippen LogP contribution in [0.2, 0.25) is 0 Å². The Morgan fingerprint density at radius 3 is 2.84 bits per heavy atom. The van der Waals surface area contributed by atoms with Crippen molar-refractivity contribution >= 4 is 8.25 Å². The molecule has 2 aliphatic carbocycles. The van der Waals surface area contributed by atoms with E-state index in [9.17, 15) is 4.57 Å². The second kappa shape index (κ2) is 10.4. The van der Waals surface area contributed by atoms with E-state index in [0.29, 0.717) is 12.3 Å². The van der Waals surface area contributed by atoms with Crippen molar-refractivity contribution in [2.75, 3.05) is 13.7 Å². The van der Waals surface area contributed by atoms with Gasteiger partial charge in [0.2, 0.25) is 0 Å². The Bertz CT molecular complexity index is 949. The summed E-state index contributed by atoms with van der Waals surface area (Å²) < 4.78 is 21.1. The number of fused-ring (bicyclic) bond motifs is 1. The lowest BCUT2D eigenvalue weighted by molar-refractivity contribution is 0.240. The summed E-state index contributed by atoms with van der Waals surface area (Å²) in [4.78, 5) is 8.83. The van der Waals surface area contributed by atoms with Crippen LogP contribution in [0, 0.1) is 5.92 Å². The summed E-state index contributed by atoms with van der Waals surface area (Å²) in [6, 6.07) is 15.4. The quantitative estimate of drug-likeness (QED) is 0.490. The molecule has 0 aliphatic heterocycles. The average molecular weight is 457 g/mol. The van der Waals surface area contributed by atoms with Crippen molar-refractivity contribution in [3.05, 3.63) is 64.7 Å². The first-order valence-corrected chi connectivity index (χ1v) is 12.9. The molecule has 5 nitrogen and oxygen atoms in total. The molecule has 2 aromatic carbocycles. The van der Waals surface area contributed by atoms with Crippen LogP contribution in [0.15, 0.2) is 42.5 Å². The molecule has 1 fully saturated rings. The van der Waals surface area contributed by atoms with Crippen LogP contribution < -0.4 is 10.5 Å². The standard InChI is InChI=1S/C26H34NO4P/c1-30-25-5-3-2-4-20(25)8-6-19-7-9-22-17-23(11-10-21(22)16-19)24-12-13-26(27,18-24)14-15-31-32(28)29/h2-5,10-11,17,19,24H,6-9,12-16,18,27H2,1H3/p+1/t19-,24-,26+/m1/s1. The van der Waals surface area contributed by atoms with Crippen molar-refractivity contribution in [2.45, 2.75) is 69.2 Å². The lowest BCUT2D eigenvalue weighted by Gasteiger charge is -2.27. The monoisotopic (exact) mass is 456 g/mol. The molecule has 0 spiro atoms. The van der Waals surface area contributed by atoms with E-state index in [4.69, 9.17) is 19.9 Å². The third kappa shape index (κ3) is 5.77. The summed E-state index contributed by atoms with van der Waals surface area (Å²) in [5, 5.41) is 0. The highest BCUT2D eigenvalue weighted by atomic mass is 31.1. The average Bonchev–Trinajstić information content (AvgIpc) is 3.19. The number of hydrogen-bond acceptors (Lipinski definition) is 4. The molecule has 172 valence electrons. The number of hydrogen-bond donors (Lipinski definition) is 2. The molecular formula is C26H35NO4P+. The Balaban J connectivity index is 1.33. The third-order valence-corrected chi connectivity index (χ3v) is 7.90. The number of para-hydroxylation sites is 1. The summed E-state index contributed by atoms with van der Waals surface area (Å²) in [5.41, 5.74) is 12.0. The Hall–Kier alpha value is -1.78. The van der Waals surface area contributed by atoms with Crippen molar-refractivity contribution in [1.29, 1.82) is 0 Å². The lowest BCUT2D eigenvalue weighted by atomic mass is 9.79. The van der Waals surface area contributed by atoms with Crippen molar-refractivity contribution < 1.29 is 18.7 Å². The van der Waals surface area contributed by atoms with E-state index in [1.807, 2.05) is 12.1 Å². The highest BCUT2D eigenvalue weighted by molar-refractivity contribution is 7.32. The van der Waals surface area contributed by atoms with Gasteiger partial charge in [-0.15, -0.1) is 9.42 Å². The summed E-state index contributed by atoms with van der Waals surface area (Å²) in [5.74, 6) is 2.19. The Morgan fingerprint density at radius 1 is 1.19 bits per heavy atom. The fraction of sp³-hybridized carbons (Fsp3) is 0.538. The molecule has 1 saturated carbocycles. The molecule has 4 atom stereocenters. The highest BCUT2D eigenvalue weighted by Crippen LogP contribution is 2.42. The van der Waals surface area contributed by atoms with Crippen LogP contribution in [0.4, 0.5) is 0 Å². The van der Waals surface area contributed by atoms with Gasteiger partial charge in [0.1, 0.15) is 12.4 Å². The van der Waals surface area contributed by atoms with E-state index in [2.05, 4.69) is 30.3 Å². The van der Waals surface area contributed by atoms with Crippen LogP contribution in [0.25, 0.3) is 0 Å². The second-order valence-electron chi connectivity index (χ2n) is 9.61. The maximum absolute atomic E-state index is 10.7. The van der Waals surface area contributed by atoms with Crippen LogP contribution in [0.1, 0.15) is 66.7 Å². The van der Waals surface area contributed by atoms with Gasteiger partial charge in [0.15, 0.2) is 0 Å². The highest BCUT2D eigenvalue weighted by Gasteiger charge is 2.37. The molecule has 6 heteroatoms. The molecule has 0 bridgehead atoms. The van der Waals surface area contributed by atoms with Crippen molar-refractivity contribution in [3.63, 3.8) is 0 Å². The Labute approximate surface area is 192 Å². The van der Waals surface area contributed by atoms with Gasteiger partial charge in [-0.05, 0) is 97.9 Å². The summed E-state index contributed by atoms with van der Waals surface area (Å²) in [6.07, 6.45) is 9.37. The SMILES string of the molecule is COc1ccccc1CC[C@@H]1CCc2cc([C@@H]3CC[C@](N)(CCO[P+](=O)O)C3)ccc2C1. The van der Waals surface area contributed by atoms with Crippen LogP contribution in [-0.4, -0.2) is 24.1 Å². The summed E-state index contributed by atoms with van der Waals surface area (Å²) in [7, 11) is -0.791. The predicted molar refractivity (Wildman–Crippen MR) is 127 cm³/mol. The second-order valence-corrected chi connectivity index (χ2v) is 10.3. The lowest BCUT2D eigenvalue weighted by Crippen LogP contribution is -2.37. The molecule has 0 heterocycles. The molecule has 0 aromatic heterocycles. The van der Waals surface area contributed by atoms with Gasteiger partial charge < -0.3 is 10.5 Å². The number of ether oxygens (including phenoxy) is 1. The minimum absolute atomic E-state index is 0.245. The smallest absolute Gasteiger partial charge is 0.496 e. The largest absolute Gasteiger partial charge is 0.694 e. The topological polar surface area (TPSA) is 81.8 Å². The molecule has 2 aromatic rings. The van der Waals surface area contributed by atoms with Gasteiger partial charge >= 0.3 is 8.25 Å². The summed E-state index contributed by atoms with van der Waals surface area (Å²) >= 11 is 0. The zero-order valence-electron chi connectivity index (χ0n) is 19.0. The van der Waals surface area contributed by atoms with E-state index in [0.717, 1.165) is 50.2 Å². The fourth-order valence-corrected chi connectivity index (χ4v) is 5.86. The molecule has 1 unspecified atom stereocenters. The molecule has 0 amide bonds. The molecule has 32 heavy (non-hydrogen) atoms. The van der Waals surface area contributed by atoms with Gasteiger partial charge in [0.05, 0.1) is 7.11 Å². The number of nitrogens with two attached hydrogens (primary N) is 1. The first-order chi connectivity index (χ1) is 15.5. The van der Waals surface area contributed by atoms with E-state index >= 15 is 0 Å². The maximum Gasteiger partial charge on any atom is 0.694 e. The molecular weight excluding hydrogens is 421 g/mol. The van der Waals surface area contributed by atoms with Gasteiger partial charge in [-0.2, -0.15) is 0 Å². The fourth-order valence-electron chi connectivity index (χ4n) is 5.61. The van der Waals surface area contributed by atoms with Gasteiger partial charge in [0.25, 0.3) is 0 Å². The van der Waals surface area contributed by atoms with Crippen molar-refractivity contribution in [1.82, 2.24) is 0 Å². The number of rotatable bonds is 9. The maximum atomic E-state index is 10.7. The van der Waals surface area contributed by atoms with Crippen LogP contribution in [0.5, 0.6) is 5.75 Å². The van der Waals surface area contributed by atoms with Gasteiger partial charge in [0, 0.05) is 10.1 Å². The van der Waals surface area contributed by atoms with Crippen molar-refractivity contribution in [2.24, 2.45) is 11.7 Å². The molecule has 3 N–H and O–H groups in total. The molecule has 0 saturated heterocycles. The third-order valence-electron chi connectivity index (χ3n) is 7.49. The van der Waals surface area contributed by atoms with Gasteiger partial charge in [-0.25, -0.2) is 0 Å². The zero-order valence-corrected chi connectivity index (χ0v) is 19.9. The number of benzene rings is 2. The number of aryl methyl sites for hydroxylation is 2. The van der Waals surface area contributed by atoms with E-state index in [-0.39, 0.29) is 12.1 Å². The normalized spacial score (nSPS) is 25.4. The van der Waals surface area contributed by atoms with Crippen LogP contribution in [0.3, 0.4) is 0 Å². The Morgan fingerprint density at radius 2 is 2.03 bits per heavy atom. The minimum atomic E-state index is -2.54. The summed E-state index contributed by atoms with van der Waals surface area (Å²) in [6.45, 7) is 0.245. The van der Waals surface area contributed by atoms with Crippen LogP contribution in [-0.2, 0) is 28.4 Å². The number of methoxy groups -OCH3 is 1. The predicted octanol–water partition coefficient (Wildman–Crippen LogP) is 5.45. The Kier molecular flexibility index (Phi) is 7.63. The van der Waals surface area contributed by atoms with E-state index in [1.165, 1.54) is 35.1 Å². The molecule has 0 radical (unpaired) electrons. The van der Waals surface area contributed by atoms with Crippen LogP contribution >= 0.6 is 8.25 Å². The first kappa shape index (κ1) is 23.4.